The molecule has 2 saturated carbocycles. The molecule has 4 rings (SSSR count). The van der Waals surface area contributed by atoms with Crippen LogP contribution in [0.3, 0.4) is 0 Å². The molecule has 4 heteroatoms. The first-order chi connectivity index (χ1) is 17.6. The second-order valence-electron chi connectivity index (χ2n) is 10.8. The Morgan fingerprint density at radius 1 is 0.972 bits per heavy atom. The summed E-state index contributed by atoms with van der Waals surface area (Å²) >= 11 is 0. The Kier molecular flexibility index (Phi) is 9.60. The molecule has 0 heterocycles. The maximum Gasteiger partial charge on any atom is 0.343 e. The highest BCUT2D eigenvalue weighted by atomic mass is 19.1. The fraction of sp³-hybridized carbons (Fsp3) is 0.531. The van der Waals surface area contributed by atoms with Crippen molar-refractivity contribution in [3.05, 3.63) is 72.1 Å². The van der Waals surface area contributed by atoms with Crippen molar-refractivity contribution in [2.75, 3.05) is 6.61 Å². The van der Waals surface area contributed by atoms with Crippen LogP contribution in [0.4, 0.5) is 4.39 Å². The van der Waals surface area contributed by atoms with Gasteiger partial charge in [-0.15, -0.1) is 0 Å². The number of ether oxygens (including phenoxy) is 2. The maximum atomic E-state index is 15.2. The molecule has 0 bridgehead atoms. The normalized spacial score (nSPS) is 23.5. The fourth-order valence-electron chi connectivity index (χ4n) is 6.30. The zero-order chi connectivity index (χ0) is 25.3. The first kappa shape index (κ1) is 26.4. The first-order valence-corrected chi connectivity index (χ1v) is 13.9. The summed E-state index contributed by atoms with van der Waals surface area (Å²) in [6.07, 6.45) is 15.8. The number of carbonyl (C=O) groups excluding carboxylic acids is 1. The van der Waals surface area contributed by atoms with Crippen LogP contribution in [0.2, 0.25) is 0 Å². The molecule has 1 unspecified atom stereocenters. The van der Waals surface area contributed by atoms with Gasteiger partial charge in [0.15, 0.2) is 0 Å². The zero-order valence-electron chi connectivity index (χ0n) is 21.7. The molecule has 2 aliphatic carbocycles. The van der Waals surface area contributed by atoms with E-state index in [1.807, 2.05) is 6.07 Å². The summed E-state index contributed by atoms with van der Waals surface area (Å²) < 4.78 is 26.0. The Balaban J connectivity index is 1.30. The number of hydrogen-bond acceptors (Lipinski definition) is 3. The summed E-state index contributed by atoms with van der Waals surface area (Å²) in [5.74, 6) is 2.91. The van der Waals surface area contributed by atoms with Crippen molar-refractivity contribution in [3.63, 3.8) is 0 Å². The van der Waals surface area contributed by atoms with Gasteiger partial charge < -0.3 is 9.47 Å². The quantitative estimate of drug-likeness (QED) is 0.136. The molecule has 2 aliphatic rings. The zero-order valence-corrected chi connectivity index (χ0v) is 21.7. The van der Waals surface area contributed by atoms with E-state index in [1.165, 1.54) is 63.9 Å². The van der Waals surface area contributed by atoms with Gasteiger partial charge >= 0.3 is 5.97 Å². The molecule has 194 valence electrons. The van der Waals surface area contributed by atoms with Gasteiger partial charge in [-0.3, -0.25) is 0 Å². The van der Waals surface area contributed by atoms with Crippen molar-refractivity contribution < 1.29 is 18.7 Å². The van der Waals surface area contributed by atoms with Crippen molar-refractivity contribution in [2.24, 2.45) is 17.8 Å². The van der Waals surface area contributed by atoms with Crippen LogP contribution in [-0.4, -0.2) is 12.6 Å². The van der Waals surface area contributed by atoms with Crippen LogP contribution in [0, 0.1) is 23.6 Å². The van der Waals surface area contributed by atoms with E-state index >= 15 is 4.39 Å². The average Bonchev–Trinajstić information content (AvgIpc) is 2.90. The topological polar surface area (TPSA) is 35.5 Å². The van der Waals surface area contributed by atoms with Crippen molar-refractivity contribution in [1.82, 2.24) is 0 Å². The molecule has 2 aromatic carbocycles. The maximum absolute atomic E-state index is 15.2. The standard InChI is InChI=1S/C32H41FO3/c1-3-5-6-7-8-23-9-10-25-21-26(12-11-24(25)20-23)30-18-13-27(22-31(30)33)32(34)36-29-16-14-28(15-17-29)35-19-4-2/h4,13-18,22-26H,2-3,5-12,19-21H2,1H3/t23-,24-,25+,26?/m0/s1. The van der Waals surface area contributed by atoms with E-state index < -0.39 is 5.97 Å². The molecule has 36 heavy (non-hydrogen) atoms. The summed E-state index contributed by atoms with van der Waals surface area (Å²) in [5.41, 5.74) is 0.996. The van der Waals surface area contributed by atoms with Crippen molar-refractivity contribution in [1.29, 1.82) is 0 Å². The molecular formula is C32H41FO3. The largest absolute Gasteiger partial charge is 0.490 e. The molecule has 0 amide bonds. The van der Waals surface area contributed by atoms with E-state index in [-0.39, 0.29) is 17.3 Å². The monoisotopic (exact) mass is 492 g/mol. The van der Waals surface area contributed by atoms with Crippen LogP contribution in [0.1, 0.15) is 99.4 Å². The number of carbonyl (C=O) groups is 1. The highest BCUT2D eigenvalue weighted by molar-refractivity contribution is 5.91. The molecule has 3 nitrogen and oxygen atoms in total. The smallest absolute Gasteiger partial charge is 0.343 e. The lowest BCUT2D eigenvalue weighted by Gasteiger charge is -2.42. The minimum atomic E-state index is -0.554. The van der Waals surface area contributed by atoms with E-state index in [1.54, 1.807) is 36.4 Å². The van der Waals surface area contributed by atoms with Gasteiger partial charge in [-0.05, 0) is 97.7 Å². The van der Waals surface area contributed by atoms with E-state index in [0.717, 1.165) is 36.2 Å². The minimum Gasteiger partial charge on any atom is -0.490 e. The average molecular weight is 493 g/mol. The summed E-state index contributed by atoms with van der Waals surface area (Å²) in [6, 6.07) is 11.7. The van der Waals surface area contributed by atoms with Gasteiger partial charge in [0.2, 0.25) is 0 Å². The third-order valence-corrected chi connectivity index (χ3v) is 8.27. The lowest BCUT2D eigenvalue weighted by molar-refractivity contribution is 0.0734. The van der Waals surface area contributed by atoms with Gasteiger partial charge in [-0.2, -0.15) is 0 Å². The number of fused-ring (bicyclic) bond motifs is 1. The van der Waals surface area contributed by atoms with E-state index in [0.29, 0.717) is 18.1 Å². The van der Waals surface area contributed by atoms with E-state index in [4.69, 9.17) is 9.47 Å². The Hall–Kier alpha value is -2.62. The number of unbranched alkanes of at least 4 members (excludes halogenated alkanes) is 3. The molecule has 2 fully saturated rings. The molecule has 0 aromatic heterocycles. The van der Waals surface area contributed by atoms with Gasteiger partial charge in [0, 0.05) is 0 Å². The van der Waals surface area contributed by atoms with Gasteiger partial charge in [0.1, 0.15) is 23.9 Å². The highest BCUT2D eigenvalue weighted by Crippen LogP contribution is 2.48. The molecule has 0 spiro atoms. The second kappa shape index (κ2) is 13.1. The Bertz CT molecular complexity index is 999. The molecule has 2 aromatic rings. The van der Waals surface area contributed by atoms with Crippen LogP contribution < -0.4 is 9.47 Å². The van der Waals surface area contributed by atoms with Gasteiger partial charge in [-0.25, -0.2) is 9.18 Å². The summed E-state index contributed by atoms with van der Waals surface area (Å²) in [7, 11) is 0. The fourth-order valence-corrected chi connectivity index (χ4v) is 6.30. The molecule has 0 N–H and O–H groups in total. The van der Waals surface area contributed by atoms with Crippen molar-refractivity contribution >= 4 is 5.97 Å². The molecule has 0 saturated heterocycles. The number of hydrogen-bond donors (Lipinski definition) is 0. The predicted molar refractivity (Wildman–Crippen MR) is 143 cm³/mol. The highest BCUT2D eigenvalue weighted by Gasteiger charge is 2.36. The number of rotatable bonds is 11. The second-order valence-corrected chi connectivity index (χ2v) is 10.8. The number of esters is 1. The summed E-state index contributed by atoms with van der Waals surface area (Å²) in [5, 5.41) is 0. The predicted octanol–water partition coefficient (Wildman–Crippen LogP) is 8.88. The first-order valence-electron chi connectivity index (χ1n) is 13.9. The lowest BCUT2D eigenvalue weighted by Crippen LogP contribution is -2.30. The van der Waals surface area contributed by atoms with E-state index in [2.05, 4.69) is 13.5 Å². The third-order valence-electron chi connectivity index (χ3n) is 8.27. The van der Waals surface area contributed by atoms with Gasteiger partial charge in [-0.1, -0.05) is 64.2 Å². The SMILES string of the molecule is C=CCOc1ccc(OC(=O)c2ccc(C3CC[C@H]4C[C@@H](CCCCCC)CC[C@@H]4C3)c(F)c2)cc1. The van der Waals surface area contributed by atoms with Crippen molar-refractivity contribution in [3.8, 4) is 11.5 Å². The number of benzene rings is 2. The molecule has 0 aliphatic heterocycles. The Labute approximate surface area is 216 Å². The van der Waals surface area contributed by atoms with Crippen LogP contribution in [0.15, 0.2) is 55.1 Å². The minimum absolute atomic E-state index is 0.237. The van der Waals surface area contributed by atoms with Crippen LogP contribution in [0.25, 0.3) is 0 Å². The van der Waals surface area contributed by atoms with Crippen LogP contribution in [-0.2, 0) is 0 Å². The van der Waals surface area contributed by atoms with E-state index in [9.17, 15) is 4.79 Å². The van der Waals surface area contributed by atoms with Crippen LogP contribution in [0.5, 0.6) is 11.5 Å². The van der Waals surface area contributed by atoms with Crippen LogP contribution >= 0.6 is 0 Å². The van der Waals surface area contributed by atoms with Crippen molar-refractivity contribution in [2.45, 2.75) is 83.5 Å². The Morgan fingerprint density at radius 2 is 1.72 bits per heavy atom. The summed E-state index contributed by atoms with van der Waals surface area (Å²) in [6.45, 7) is 6.30. The van der Waals surface area contributed by atoms with Gasteiger partial charge in [0.05, 0.1) is 5.56 Å². The summed E-state index contributed by atoms with van der Waals surface area (Å²) in [4.78, 5) is 12.6. The number of halogens is 1. The van der Waals surface area contributed by atoms with Gasteiger partial charge in [0.25, 0.3) is 0 Å². The molecule has 4 atom stereocenters. The molecule has 0 radical (unpaired) electrons. The molecular weight excluding hydrogens is 451 g/mol. The lowest BCUT2D eigenvalue weighted by atomic mass is 9.63. The third kappa shape index (κ3) is 6.99. The Morgan fingerprint density at radius 3 is 2.47 bits per heavy atom.